The lowest BCUT2D eigenvalue weighted by Gasteiger charge is -2.32. The number of carboxylic acids is 1. The number of carbonyl (C=O) groups excluding carboxylic acids is 3. The van der Waals surface area contributed by atoms with E-state index in [-0.39, 0.29) is 51.1 Å². The van der Waals surface area contributed by atoms with Crippen molar-refractivity contribution >= 4 is 41.0 Å². The van der Waals surface area contributed by atoms with Gasteiger partial charge in [-0.05, 0) is 43.2 Å². The summed E-state index contributed by atoms with van der Waals surface area (Å²) < 4.78 is 90.7. The van der Waals surface area contributed by atoms with Gasteiger partial charge in [0.25, 0.3) is 11.8 Å². The van der Waals surface area contributed by atoms with Crippen molar-refractivity contribution in [1.29, 1.82) is 0 Å². The van der Waals surface area contributed by atoms with Crippen molar-refractivity contribution in [2.24, 2.45) is 18.9 Å². The SMILES string of the molecule is Cn1c(-c2ccc(OC(F)F)c(F)c2F)cnc1C(=O)Nc1ccc(C(=O)N2CCC(C(=O)NCC3CNC3)CC2)c(Cl)c1.O=C(O)C(F)(F)F. The van der Waals surface area contributed by atoms with Gasteiger partial charge in [-0.1, -0.05) is 11.6 Å². The lowest BCUT2D eigenvalue weighted by Crippen LogP contribution is -2.50. The standard InChI is InChI=1S/C29H29ClF4N6O4.C2HF3O2/c1-39-21(19-4-5-22(44-29(33)34)24(32)23(19)31)14-36-25(39)27(42)38-17-2-3-18(20(30)10-17)28(43)40-8-6-16(7-9-40)26(41)37-13-15-11-35-12-15;3-2(4,5)1(6)7/h2-5,10,14-16,29,35H,6-9,11-13H2,1H3,(H,37,41)(H,38,42);(H,6,7). The average molecular weight is 751 g/mol. The second kappa shape index (κ2) is 16.4. The van der Waals surface area contributed by atoms with Gasteiger partial charge < -0.3 is 35.3 Å². The van der Waals surface area contributed by atoms with E-state index in [0.29, 0.717) is 38.4 Å². The number of aliphatic carboxylic acids is 1. The quantitative estimate of drug-likeness (QED) is 0.230. The summed E-state index contributed by atoms with van der Waals surface area (Å²) >= 11 is 6.41. The monoisotopic (exact) mass is 750 g/mol. The van der Waals surface area contributed by atoms with Gasteiger partial charge in [-0.15, -0.1) is 0 Å². The summed E-state index contributed by atoms with van der Waals surface area (Å²) in [5, 5.41) is 16.0. The van der Waals surface area contributed by atoms with Crippen molar-refractivity contribution in [3.63, 3.8) is 0 Å². The molecule has 0 saturated carbocycles. The first kappa shape index (κ1) is 38.9. The van der Waals surface area contributed by atoms with E-state index in [2.05, 4.69) is 25.7 Å². The molecule has 3 amide bonds. The van der Waals surface area contributed by atoms with Crippen molar-refractivity contribution in [3.8, 4) is 17.0 Å². The smallest absolute Gasteiger partial charge is 0.475 e. The Hall–Kier alpha value is -4.91. The first-order valence-electron chi connectivity index (χ1n) is 15.1. The number of rotatable bonds is 9. The van der Waals surface area contributed by atoms with Crippen LogP contribution in [-0.2, 0) is 16.6 Å². The van der Waals surface area contributed by atoms with Gasteiger partial charge >= 0.3 is 18.8 Å². The molecule has 0 radical (unpaired) electrons. The Bertz CT molecular complexity index is 1780. The van der Waals surface area contributed by atoms with Crippen LogP contribution in [0.3, 0.4) is 0 Å². The molecule has 2 aliphatic rings. The topological polar surface area (TPSA) is 155 Å². The summed E-state index contributed by atoms with van der Waals surface area (Å²) in [7, 11) is 1.39. The van der Waals surface area contributed by atoms with Crippen LogP contribution in [0.4, 0.5) is 36.4 Å². The van der Waals surface area contributed by atoms with E-state index in [1.54, 1.807) is 4.90 Å². The van der Waals surface area contributed by atoms with Crippen LogP contribution in [-0.4, -0.2) is 88.8 Å². The minimum Gasteiger partial charge on any atom is -0.475 e. The molecule has 5 rings (SSSR count). The summed E-state index contributed by atoms with van der Waals surface area (Å²) in [6.45, 7) is -0.0544. The molecule has 0 aliphatic carbocycles. The van der Waals surface area contributed by atoms with Crippen LogP contribution in [0.1, 0.15) is 33.8 Å². The Labute approximate surface area is 289 Å². The van der Waals surface area contributed by atoms with Gasteiger partial charge in [0.15, 0.2) is 17.4 Å². The van der Waals surface area contributed by atoms with Crippen LogP contribution in [0.25, 0.3) is 11.3 Å². The maximum Gasteiger partial charge on any atom is 0.490 e. The first-order valence-corrected chi connectivity index (χ1v) is 15.5. The highest BCUT2D eigenvalue weighted by Gasteiger charge is 2.38. The third-order valence-electron chi connectivity index (χ3n) is 8.01. The van der Waals surface area contributed by atoms with Crippen molar-refractivity contribution < 1.29 is 59.8 Å². The molecule has 2 aliphatic heterocycles. The number of piperidine rings is 1. The number of carboxylic acid groups (broad SMARTS) is 1. The van der Waals surface area contributed by atoms with Crippen molar-refractivity contribution in [2.45, 2.75) is 25.6 Å². The Morgan fingerprint density at radius 2 is 1.73 bits per heavy atom. The van der Waals surface area contributed by atoms with Crippen LogP contribution >= 0.6 is 11.6 Å². The van der Waals surface area contributed by atoms with Gasteiger partial charge in [-0.2, -0.15) is 26.3 Å². The number of nitrogens with one attached hydrogen (secondary N) is 3. The molecule has 0 spiro atoms. The maximum atomic E-state index is 14.6. The Morgan fingerprint density at radius 1 is 1.08 bits per heavy atom. The molecule has 4 N–H and O–H groups in total. The third-order valence-corrected chi connectivity index (χ3v) is 8.33. The molecule has 276 valence electrons. The number of hydrogen-bond donors (Lipinski definition) is 4. The fourth-order valence-corrected chi connectivity index (χ4v) is 5.40. The average Bonchev–Trinajstić information content (AvgIpc) is 3.43. The molecular formula is C31H30ClF7N6O6. The van der Waals surface area contributed by atoms with E-state index >= 15 is 0 Å². The minimum atomic E-state index is -5.08. The number of amides is 3. The van der Waals surface area contributed by atoms with Crippen molar-refractivity contribution in [2.75, 3.05) is 38.0 Å². The summed E-state index contributed by atoms with van der Waals surface area (Å²) in [6.07, 6.45) is -2.86. The van der Waals surface area contributed by atoms with Crippen molar-refractivity contribution in [1.82, 2.24) is 25.1 Å². The molecule has 1 aromatic heterocycles. The number of alkyl halides is 5. The van der Waals surface area contributed by atoms with Gasteiger partial charge in [0.2, 0.25) is 11.7 Å². The number of nitrogens with zero attached hydrogens (tertiary/aromatic N) is 3. The van der Waals surface area contributed by atoms with Gasteiger partial charge in [0.05, 0.1) is 22.5 Å². The number of anilines is 1. The summed E-state index contributed by atoms with van der Waals surface area (Å²) in [5.74, 6) is -7.60. The normalized spacial score (nSPS) is 15.1. The Morgan fingerprint density at radius 3 is 2.27 bits per heavy atom. The van der Waals surface area contributed by atoms with Crippen LogP contribution < -0.4 is 20.7 Å². The molecule has 3 aromatic rings. The first-order chi connectivity index (χ1) is 24.0. The number of imidazole rings is 1. The number of carbonyl (C=O) groups is 4. The van der Waals surface area contributed by atoms with Gasteiger partial charge in [0.1, 0.15) is 0 Å². The van der Waals surface area contributed by atoms with Crippen molar-refractivity contribution in [3.05, 3.63) is 64.6 Å². The van der Waals surface area contributed by atoms with Crippen LogP contribution in [0.5, 0.6) is 5.75 Å². The predicted molar refractivity (Wildman–Crippen MR) is 166 cm³/mol. The van der Waals surface area contributed by atoms with Crippen LogP contribution in [0.2, 0.25) is 5.02 Å². The lowest BCUT2D eigenvalue weighted by atomic mass is 9.94. The predicted octanol–water partition coefficient (Wildman–Crippen LogP) is 4.69. The lowest BCUT2D eigenvalue weighted by molar-refractivity contribution is -0.192. The number of benzene rings is 2. The van der Waals surface area contributed by atoms with E-state index in [4.69, 9.17) is 21.5 Å². The Kier molecular flexibility index (Phi) is 12.5. The molecule has 0 atom stereocenters. The molecule has 3 heterocycles. The number of aromatic nitrogens is 2. The molecule has 2 aromatic carbocycles. The fourth-order valence-electron chi connectivity index (χ4n) is 5.14. The van der Waals surface area contributed by atoms with E-state index in [1.165, 1.54) is 29.8 Å². The molecular weight excluding hydrogens is 721 g/mol. The molecule has 2 fully saturated rings. The highest BCUT2D eigenvalue weighted by atomic mass is 35.5. The zero-order chi connectivity index (χ0) is 37.6. The molecule has 0 unspecified atom stereocenters. The zero-order valence-electron chi connectivity index (χ0n) is 26.5. The van der Waals surface area contributed by atoms with Crippen LogP contribution in [0, 0.1) is 23.5 Å². The van der Waals surface area contributed by atoms with Gasteiger partial charge in [-0.3, -0.25) is 14.4 Å². The fraction of sp³-hybridized carbons (Fsp3) is 0.387. The number of halogens is 8. The Balaban J connectivity index is 0.000000755. The van der Waals surface area contributed by atoms with E-state index in [9.17, 15) is 45.1 Å². The third kappa shape index (κ3) is 9.66. The highest BCUT2D eigenvalue weighted by Crippen LogP contribution is 2.31. The number of ether oxygens (including phenoxy) is 1. The van der Waals surface area contributed by atoms with Gasteiger partial charge in [-0.25, -0.2) is 14.2 Å². The van der Waals surface area contributed by atoms with E-state index < -0.39 is 42.0 Å². The molecule has 20 heteroatoms. The molecule has 51 heavy (non-hydrogen) atoms. The van der Waals surface area contributed by atoms with Crippen LogP contribution in [0.15, 0.2) is 36.5 Å². The second-order valence-corrected chi connectivity index (χ2v) is 11.8. The molecule has 12 nitrogen and oxygen atoms in total. The zero-order valence-corrected chi connectivity index (χ0v) is 27.3. The maximum absolute atomic E-state index is 14.6. The second-order valence-electron chi connectivity index (χ2n) is 11.4. The largest absolute Gasteiger partial charge is 0.490 e. The highest BCUT2D eigenvalue weighted by molar-refractivity contribution is 6.34. The minimum absolute atomic E-state index is 0.00559. The number of hydrogen-bond acceptors (Lipinski definition) is 7. The van der Waals surface area contributed by atoms with E-state index in [0.717, 1.165) is 31.4 Å². The molecule has 2 saturated heterocycles. The van der Waals surface area contributed by atoms with E-state index in [1.807, 2.05) is 0 Å². The molecule has 0 bridgehead atoms. The number of likely N-dealkylation sites (tertiary alicyclic amines) is 1. The summed E-state index contributed by atoms with van der Waals surface area (Å²) in [4.78, 5) is 53.1. The summed E-state index contributed by atoms with van der Waals surface area (Å²) in [6, 6.07) is 6.27. The van der Waals surface area contributed by atoms with Gasteiger partial charge in [0, 0.05) is 62.9 Å². The summed E-state index contributed by atoms with van der Waals surface area (Å²) in [5.41, 5.74) is 0.177.